The molecule has 0 aliphatic rings. The first kappa shape index (κ1) is 59.7. The maximum absolute atomic E-state index is 10.2. The first-order chi connectivity index (χ1) is 24.8. The second kappa shape index (κ2) is 51.6. The van der Waals surface area contributed by atoms with Crippen molar-refractivity contribution in [2.75, 3.05) is 0 Å². The van der Waals surface area contributed by atoms with Crippen molar-refractivity contribution in [3.63, 3.8) is 0 Å². The summed E-state index contributed by atoms with van der Waals surface area (Å²) in [7, 11) is 0. The molecule has 0 amide bonds. The summed E-state index contributed by atoms with van der Waals surface area (Å²) in [4.78, 5) is 39.6. The average molecular weight is 800 g/mol. The Morgan fingerprint density at radius 1 is 0.434 bits per heavy atom. The van der Waals surface area contributed by atoms with Gasteiger partial charge in [-0.25, -0.2) is 9.59 Å². The van der Waals surface area contributed by atoms with Crippen LogP contribution in [-0.2, 0) is 38.7 Å². The third-order valence-corrected chi connectivity index (χ3v) is 8.02. The number of aliphatic carboxylic acids is 4. The Hall–Kier alpha value is -2.54. The van der Waals surface area contributed by atoms with E-state index < -0.39 is 23.9 Å². The zero-order valence-corrected chi connectivity index (χ0v) is 37.5. The van der Waals surface area contributed by atoms with E-state index in [1.807, 2.05) is 0 Å². The van der Waals surface area contributed by atoms with Crippen LogP contribution in [0.25, 0.3) is 0 Å². The van der Waals surface area contributed by atoms with E-state index >= 15 is 0 Å². The Morgan fingerprint density at radius 2 is 0.623 bits per heavy atom. The minimum Gasteiger partial charge on any atom is -0.550 e. The second-order valence-corrected chi connectivity index (χ2v) is 13.6. The van der Waals surface area contributed by atoms with E-state index in [2.05, 4.69) is 51.3 Å². The number of carbonyl (C=O) groups is 4. The number of allylic oxidation sites excluding steroid dienone is 4. The summed E-state index contributed by atoms with van der Waals surface area (Å²) in [6.45, 7) is 13.7. The molecule has 0 saturated heterocycles. The molecule has 9 heteroatoms. The molecule has 0 aliphatic carbocycles. The van der Waals surface area contributed by atoms with Crippen molar-refractivity contribution in [2.45, 2.75) is 207 Å². The average Bonchev–Trinajstić information content (AvgIpc) is 3.08. The van der Waals surface area contributed by atoms with Gasteiger partial charge in [0.05, 0.1) is 0 Å². The Kier molecular flexibility index (Phi) is 58.1. The molecule has 0 spiro atoms. The van der Waals surface area contributed by atoms with Gasteiger partial charge in [-0.1, -0.05) is 154 Å². The van der Waals surface area contributed by atoms with Crippen LogP contribution in [0.15, 0.2) is 48.6 Å². The molecular formula is C44H78O8Zn. The number of hydrogen-bond donors (Lipinski definition) is 2. The summed E-state index contributed by atoms with van der Waals surface area (Å²) < 4.78 is 0. The molecule has 0 aromatic heterocycles. The minimum atomic E-state index is -0.935. The van der Waals surface area contributed by atoms with Crippen LogP contribution in [0, 0.1) is 0 Å². The van der Waals surface area contributed by atoms with Gasteiger partial charge in [-0.3, -0.25) is 0 Å². The van der Waals surface area contributed by atoms with Crippen LogP contribution in [-0.4, -0.2) is 34.1 Å². The molecule has 0 radical (unpaired) electrons. The van der Waals surface area contributed by atoms with Crippen molar-refractivity contribution in [2.24, 2.45) is 0 Å². The third kappa shape index (κ3) is 71.6. The van der Waals surface area contributed by atoms with Crippen LogP contribution in [0.4, 0.5) is 0 Å². The maximum Gasteiger partial charge on any atom is 2.00 e. The summed E-state index contributed by atoms with van der Waals surface area (Å²) in [5, 5.41) is 36.2. The largest absolute Gasteiger partial charge is 2.00 e. The van der Waals surface area contributed by atoms with Crippen molar-refractivity contribution in [3.8, 4) is 0 Å². The standard InChI is InChI=1S/2C18H34O2.2C4H6O2.Zn/c2*1-2-3-4-5-6-7-8-9-10-11-12-13-14-15-16-17-18(19)20;2*1-3(2)4(5)6;/h2*9-10H,2-8,11-17H2,1H3,(H,19,20);2*1H2,2H3,(H,5,6);/q;;;;+2/p-2/b2*10-9-;;;. The number of rotatable bonds is 32. The van der Waals surface area contributed by atoms with E-state index in [1.165, 1.54) is 142 Å². The van der Waals surface area contributed by atoms with Crippen molar-refractivity contribution in [3.05, 3.63) is 48.6 Å². The fourth-order valence-corrected chi connectivity index (χ4v) is 4.68. The van der Waals surface area contributed by atoms with Gasteiger partial charge >= 0.3 is 31.4 Å². The predicted molar refractivity (Wildman–Crippen MR) is 214 cm³/mol. The van der Waals surface area contributed by atoms with Crippen LogP contribution >= 0.6 is 0 Å². The minimum absolute atomic E-state index is 0. The van der Waals surface area contributed by atoms with Gasteiger partial charge in [0.2, 0.25) is 0 Å². The van der Waals surface area contributed by atoms with Gasteiger partial charge in [0.25, 0.3) is 0 Å². The number of carboxylic acid groups (broad SMARTS) is 4. The third-order valence-electron chi connectivity index (χ3n) is 8.02. The zero-order chi connectivity index (χ0) is 40.1. The Morgan fingerprint density at radius 3 is 0.811 bits per heavy atom. The van der Waals surface area contributed by atoms with Gasteiger partial charge in [0.15, 0.2) is 0 Å². The van der Waals surface area contributed by atoms with Crippen LogP contribution in [0.2, 0.25) is 0 Å². The molecular weight excluding hydrogens is 722 g/mol. The van der Waals surface area contributed by atoms with Crippen LogP contribution < -0.4 is 10.2 Å². The molecule has 0 unspecified atom stereocenters. The van der Waals surface area contributed by atoms with E-state index in [0.717, 1.165) is 38.5 Å². The van der Waals surface area contributed by atoms with Gasteiger partial charge in [0.1, 0.15) is 0 Å². The first-order valence-electron chi connectivity index (χ1n) is 20.3. The number of unbranched alkanes of at least 4 members (excludes halogenated alkanes) is 22. The second-order valence-electron chi connectivity index (χ2n) is 13.6. The van der Waals surface area contributed by atoms with E-state index in [4.69, 9.17) is 10.2 Å². The van der Waals surface area contributed by atoms with Crippen LogP contribution in [0.5, 0.6) is 0 Å². The van der Waals surface area contributed by atoms with Crippen molar-refractivity contribution in [1.29, 1.82) is 0 Å². The molecule has 0 fully saturated rings. The van der Waals surface area contributed by atoms with E-state index in [1.54, 1.807) is 0 Å². The SMILES string of the molecule is C=C(C)C(=O)O.C=C(C)C(=O)O.CCCCCCCC/C=C\CCCCCCCC(=O)[O-].CCCCCCCC/C=C\CCCCCCCC(=O)[O-].[Zn+2]. The van der Waals surface area contributed by atoms with Gasteiger partial charge < -0.3 is 30.0 Å². The maximum atomic E-state index is 10.2. The van der Waals surface area contributed by atoms with E-state index in [0.29, 0.717) is 0 Å². The summed E-state index contributed by atoms with van der Waals surface area (Å²) in [6, 6.07) is 0. The van der Waals surface area contributed by atoms with Gasteiger partial charge in [-0.15, -0.1) is 0 Å². The van der Waals surface area contributed by atoms with Crippen LogP contribution in [0.1, 0.15) is 207 Å². The van der Waals surface area contributed by atoms with Crippen LogP contribution in [0.3, 0.4) is 0 Å². The molecule has 53 heavy (non-hydrogen) atoms. The molecule has 8 nitrogen and oxygen atoms in total. The summed E-state index contributed by atoms with van der Waals surface area (Å²) in [5.41, 5.74) is 0.352. The predicted octanol–water partition coefficient (Wildman–Crippen LogP) is 10.8. The van der Waals surface area contributed by atoms with Gasteiger partial charge in [-0.2, -0.15) is 0 Å². The fourth-order valence-electron chi connectivity index (χ4n) is 4.68. The van der Waals surface area contributed by atoms with Crippen molar-refractivity contribution in [1.82, 2.24) is 0 Å². The Bertz CT molecular complexity index is 828. The molecule has 0 bridgehead atoms. The number of carboxylic acids is 4. The topological polar surface area (TPSA) is 155 Å². The molecule has 0 aromatic carbocycles. The van der Waals surface area contributed by atoms with Crippen molar-refractivity contribution < 1.29 is 59.1 Å². The molecule has 0 rings (SSSR count). The normalized spacial score (nSPS) is 10.2. The van der Waals surface area contributed by atoms with Gasteiger partial charge in [0, 0.05) is 23.1 Å². The molecule has 0 aromatic rings. The summed E-state index contributed by atoms with van der Waals surface area (Å²) in [6.07, 6.45) is 41.8. The van der Waals surface area contributed by atoms with E-state index in [-0.39, 0.29) is 43.5 Å². The monoisotopic (exact) mass is 798 g/mol. The Labute approximate surface area is 337 Å². The van der Waals surface area contributed by atoms with E-state index in [9.17, 15) is 29.4 Å². The molecule has 2 N–H and O–H groups in total. The quantitative estimate of drug-likeness (QED) is 0.0295. The molecule has 304 valence electrons. The fraction of sp³-hybridized carbons (Fsp3) is 0.727. The smallest absolute Gasteiger partial charge is 0.550 e. The first-order valence-corrected chi connectivity index (χ1v) is 20.3. The summed E-state index contributed by atoms with van der Waals surface area (Å²) >= 11 is 0. The van der Waals surface area contributed by atoms with Crippen molar-refractivity contribution >= 4 is 23.9 Å². The number of hydrogen-bond acceptors (Lipinski definition) is 6. The Balaban J connectivity index is -0.000000218. The van der Waals surface area contributed by atoms with Gasteiger partial charge in [-0.05, 0) is 90.9 Å². The molecule has 0 heterocycles. The number of carbonyl (C=O) groups excluding carboxylic acids is 2. The summed E-state index contributed by atoms with van der Waals surface area (Å²) in [5.74, 6) is -3.70. The zero-order valence-electron chi connectivity index (χ0n) is 34.6. The molecule has 0 aliphatic heterocycles. The molecule has 0 atom stereocenters. The molecule has 0 saturated carbocycles.